The molecule has 246 valence electrons. The molecule has 5 rings (SSSR count). The van der Waals surface area contributed by atoms with E-state index in [1.807, 2.05) is 53.1 Å². The maximum atomic E-state index is 12.2. The molecule has 1 aromatic carbocycles. The number of carbonyl (C=O) groups excluding carboxylic acids is 1. The Labute approximate surface area is 269 Å². The maximum absolute atomic E-state index is 12.2. The summed E-state index contributed by atoms with van der Waals surface area (Å²) in [5.74, 6) is 13.8. The van der Waals surface area contributed by atoms with Crippen LogP contribution in [0.4, 0.5) is 11.6 Å². The number of nitrogens with two attached hydrogens (primary N) is 2. The van der Waals surface area contributed by atoms with E-state index in [4.69, 9.17) is 11.7 Å². The summed E-state index contributed by atoms with van der Waals surface area (Å²) in [6.07, 6.45) is 5.86. The van der Waals surface area contributed by atoms with E-state index >= 15 is 0 Å². The number of nitrogens with zero attached hydrogens (tertiary/aromatic N) is 4. The predicted octanol–water partition coefficient (Wildman–Crippen LogP) is 4.38. The van der Waals surface area contributed by atoms with Gasteiger partial charge in [-0.2, -0.15) is 0 Å². The quantitative estimate of drug-likeness (QED) is 0.117. The second-order valence-corrected chi connectivity index (χ2v) is 11.0. The van der Waals surface area contributed by atoms with Gasteiger partial charge in [0.2, 0.25) is 0 Å². The Balaban J connectivity index is 0.00000133. The first-order valence-corrected chi connectivity index (χ1v) is 16.1. The second kappa shape index (κ2) is 17.1. The summed E-state index contributed by atoms with van der Waals surface area (Å²) in [4.78, 5) is 21.0. The number of aromatic nitrogens is 2. The first kappa shape index (κ1) is 35.7. The molecule has 0 atom stereocenters. The molecule has 0 radical (unpaired) electrons. The van der Waals surface area contributed by atoms with Gasteiger partial charge in [0.05, 0.1) is 0 Å². The van der Waals surface area contributed by atoms with E-state index in [0.717, 1.165) is 67.1 Å². The summed E-state index contributed by atoms with van der Waals surface area (Å²) in [5.41, 5.74) is 12.9. The van der Waals surface area contributed by atoms with E-state index in [-0.39, 0.29) is 5.91 Å². The van der Waals surface area contributed by atoms with Crippen molar-refractivity contribution in [3.05, 3.63) is 82.2 Å². The Morgan fingerprint density at radius 2 is 1.71 bits per heavy atom. The molecule has 8 N–H and O–H groups in total. The molecule has 2 aliphatic heterocycles. The number of likely N-dealkylation sites (tertiary alicyclic amines) is 1. The lowest BCUT2D eigenvalue weighted by Crippen LogP contribution is -2.42. The molecular formula is C34H54N10O. The SMILES string of the molecule is CC.CC.CNc1ncc(C2=CCNc3c2cc(CN2CCC(c4ccc(C(=O)N(C)C)cc4)CC2)n3C)cc1C(NN)NN. The Morgan fingerprint density at radius 3 is 2.29 bits per heavy atom. The molecule has 1 amide bonds. The van der Waals surface area contributed by atoms with Gasteiger partial charge in [0.1, 0.15) is 17.8 Å². The van der Waals surface area contributed by atoms with Crippen molar-refractivity contribution in [3.8, 4) is 0 Å². The van der Waals surface area contributed by atoms with Crippen LogP contribution in [0.1, 0.15) is 90.9 Å². The zero-order valence-corrected chi connectivity index (χ0v) is 28.4. The van der Waals surface area contributed by atoms with Crippen molar-refractivity contribution in [2.24, 2.45) is 18.7 Å². The standard InChI is InChI=1S/C30H42N10O.2C2H6/c1-33-27-26(28(36-31)37-32)15-22(17-35-27)24-9-12-34-29-25(24)16-23(39(29)4)18-40-13-10-20(11-14-40)19-5-7-21(8-6-19)30(41)38(2)3;2*1-2/h5-9,15-17,20,28,34,36-37H,10-14,18,31-32H2,1-4H3,(H,33,35);2*1-2H3. The van der Waals surface area contributed by atoms with E-state index in [0.29, 0.717) is 11.7 Å². The number of benzene rings is 1. The van der Waals surface area contributed by atoms with E-state index in [1.165, 1.54) is 16.8 Å². The minimum atomic E-state index is -0.445. The third-order valence-corrected chi connectivity index (χ3v) is 8.32. The van der Waals surface area contributed by atoms with Crippen molar-refractivity contribution in [3.63, 3.8) is 0 Å². The molecule has 0 spiro atoms. The summed E-state index contributed by atoms with van der Waals surface area (Å²) >= 11 is 0. The molecule has 11 heteroatoms. The first-order valence-electron chi connectivity index (χ1n) is 16.1. The topological polar surface area (TPSA) is 142 Å². The third-order valence-electron chi connectivity index (χ3n) is 8.32. The number of amides is 1. The van der Waals surface area contributed by atoms with Crippen LogP contribution < -0.4 is 33.2 Å². The number of fused-ring (bicyclic) bond motifs is 1. The summed E-state index contributed by atoms with van der Waals surface area (Å²) in [6, 6.07) is 12.5. The van der Waals surface area contributed by atoms with Crippen molar-refractivity contribution in [1.29, 1.82) is 0 Å². The van der Waals surface area contributed by atoms with Crippen molar-refractivity contribution in [1.82, 2.24) is 30.2 Å². The third kappa shape index (κ3) is 8.11. The Morgan fingerprint density at radius 1 is 1.07 bits per heavy atom. The van der Waals surface area contributed by atoms with Crippen LogP contribution in [-0.4, -0.2) is 66.0 Å². The van der Waals surface area contributed by atoms with Crippen LogP contribution in [0.5, 0.6) is 0 Å². The Hall–Kier alpha value is -3.74. The number of hydrazine groups is 2. The molecule has 2 aliphatic rings. The average molecular weight is 619 g/mol. The molecule has 3 aromatic rings. The number of pyridine rings is 1. The fraction of sp³-hybridized carbons (Fsp3) is 0.471. The van der Waals surface area contributed by atoms with Gasteiger partial charge in [-0.15, -0.1) is 0 Å². The van der Waals surface area contributed by atoms with Crippen LogP contribution in [-0.2, 0) is 13.6 Å². The molecule has 0 bridgehead atoms. The number of rotatable bonds is 9. The van der Waals surface area contributed by atoms with Gasteiger partial charge in [-0.25, -0.2) is 15.8 Å². The zero-order chi connectivity index (χ0) is 33.1. The normalized spacial score (nSPS) is 14.7. The van der Waals surface area contributed by atoms with Gasteiger partial charge in [-0.3, -0.25) is 21.4 Å². The minimum Gasteiger partial charge on any atom is -0.373 e. The van der Waals surface area contributed by atoms with Crippen LogP contribution in [0.15, 0.2) is 48.7 Å². The largest absolute Gasteiger partial charge is 0.373 e. The highest BCUT2D eigenvalue weighted by Crippen LogP contribution is 2.37. The number of hydrogen-bond acceptors (Lipinski definition) is 9. The van der Waals surface area contributed by atoms with E-state index in [2.05, 4.69) is 73.3 Å². The van der Waals surface area contributed by atoms with Gasteiger partial charge in [0.15, 0.2) is 0 Å². The molecule has 1 saturated heterocycles. The zero-order valence-electron chi connectivity index (χ0n) is 28.4. The number of nitrogens with one attached hydrogen (secondary N) is 4. The highest BCUT2D eigenvalue weighted by Gasteiger charge is 2.25. The summed E-state index contributed by atoms with van der Waals surface area (Å²) < 4.78 is 2.27. The lowest BCUT2D eigenvalue weighted by atomic mass is 9.89. The molecule has 0 saturated carbocycles. The molecule has 45 heavy (non-hydrogen) atoms. The molecule has 0 unspecified atom stereocenters. The van der Waals surface area contributed by atoms with Gasteiger partial charge in [-0.05, 0) is 67.3 Å². The summed E-state index contributed by atoms with van der Waals surface area (Å²) in [7, 11) is 7.53. The summed E-state index contributed by atoms with van der Waals surface area (Å²) in [6.45, 7) is 11.7. The number of hydrogen-bond donors (Lipinski definition) is 6. The van der Waals surface area contributed by atoms with Crippen molar-refractivity contribution >= 4 is 23.1 Å². The summed E-state index contributed by atoms with van der Waals surface area (Å²) in [5, 5.41) is 6.68. The van der Waals surface area contributed by atoms with E-state index < -0.39 is 6.17 Å². The number of piperidine rings is 1. The lowest BCUT2D eigenvalue weighted by molar-refractivity contribution is 0.0827. The van der Waals surface area contributed by atoms with E-state index in [1.54, 1.807) is 19.0 Å². The maximum Gasteiger partial charge on any atom is 0.253 e. The van der Waals surface area contributed by atoms with Gasteiger partial charge in [0, 0.05) is 75.4 Å². The smallest absolute Gasteiger partial charge is 0.253 e. The van der Waals surface area contributed by atoms with Crippen LogP contribution in [0, 0.1) is 0 Å². The number of carbonyl (C=O) groups is 1. The van der Waals surface area contributed by atoms with Crippen LogP contribution >= 0.6 is 0 Å². The van der Waals surface area contributed by atoms with Crippen LogP contribution in [0.3, 0.4) is 0 Å². The molecule has 11 nitrogen and oxygen atoms in total. The highest BCUT2D eigenvalue weighted by atomic mass is 16.2. The average Bonchev–Trinajstić information content (AvgIpc) is 3.41. The molecule has 2 aromatic heterocycles. The van der Waals surface area contributed by atoms with Crippen molar-refractivity contribution in [2.45, 2.75) is 59.2 Å². The van der Waals surface area contributed by atoms with Crippen molar-refractivity contribution < 1.29 is 4.79 Å². The van der Waals surface area contributed by atoms with Gasteiger partial charge < -0.3 is 20.1 Å². The fourth-order valence-electron chi connectivity index (χ4n) is 5.96. The molecular weight excluding hydrogens is 564 g/mol. The van der Waals surface area contributed by atoms with Gasteiger partial charge in [0.25, 0.3) is 5.91 Å². The van der Waals surface area contributed by atoms with Crippen molar-refractivity contribution in [2.75, 3.05) is 51.4 Å². The van der Waals surface area contributed by atoms with Gasteiger partial charge >= 0.3 is 0 Å². The minimum absolute atomic E-state index is 0.0418. The lowest BCUT2D eigenvalue weighted by Gasteiger charge is -2.32. The number of anilines is 2. The Bertz CT molecular complexity index is 1400. The van der Waals surface area contributed by atoms with Crippen LogP contribution in [0.25, 0.3) is 5.57 Å². The highest BCUT2D eigenvalue weighted by molar-refractivity contribution is 5.93. The monoisotopic (exact) mass is 618 g/mol. The molecule has 0 aliphatic carbocycles. The predicted molar refractivity (Wildman–Crippen MR) is 187 cm³/mol. The molecule has 1 fully saturated rings. The fourth-order valence-corrected chi connectivity index (χ4v) is 5.96. The van der Waals surface area contributed by atoms with Crippen LogP contribution in [0.2, 0.25) is 0 Å². The second-order valence-electron chi connectivity index (χ2n) is 11.0. The first-order chi connectivity index (χ1) is 21.8. The van der Waals surface area contributed by atoms with Gasteiger partial charge in [-0.1, -0.05) is 45.9 Å². The Kier molecular flexibility index (Phi) is 13.6. The molecule has 4 heterocycles. The van der Waals surface area contributed by atoms with E-state index in [9.17, 15) is 4.79 Å².